The van der Waals surface area contributed by atoms with E-state index >= 15 is 0 Å². The number of hydrogen-bond acceptors (Lipinski definition) is 4. The summed E-state index contributed by atoms with van der Waals surface area (Å²) in [5.41, 5.74) is 7.88. The van der Waals surface area contributed by atoms with Crippen LogP contribution >= 0.6 is 11.6 Å². The Morgan fingerprint density at radius 1 is 1.35 bits per heavy atom. The highest BCUT2D eigenvalue weighted by molar-refractivity contribution is 6.29. The number of pyridine rings is 1. The van der Waals surface area contributed by atoms with E-state index in [4.69, 9.17) is 17.3 Å². The molecule has 0 spiro atoms. The van der Waals surface area contributed by atoms with Gasteiger partial charge in [0.05, 0.1) is 5.69 Å². The molecule has 0 saturated carbocycles. The van der Waals surface area contributed by atoms with Gasteiger partial charge in [-0.25, -0.2) is 4.98 Å². The molecule has 150 valence electrons. The summed E-state index contributed by atoms with van der Waals surface area (Å²) in [6, 6.07) is 1.85. The number of nitrogens with two attached hydrogens (primary N) is 1. The van der Waals surface area contributed by atoms with Gasteiger partial charge in [0.25, 0.3) is 0 Å². The lowest BCUT2D eigenvalue weighted by molar-refractivity contribution is 0.869. The summed E-state index contributed by atoms with van der Waals surface area (Å²) >= 11 is 6.04. The third-order valence-electron chi connectivity index (χ3n) is 2.97. The van der Waals surface area contributed by atoms with Crippen LogP contribution in [0.1, 0.15) is 47.1 Å². The molecule has 1 aromatic heterocycles. The van der Waals surface area contributed by atoms with E-state index in [0.717, 1.165) is 29.2 Å². The van der Waals surface area contributed by atoms with Crippen LogP contribution in [-0.2, 0) is 0 Å². The molecule has 1 heterocycles. The van der Waals surface area contributed by atoms with Gasteiger partial charge in [-0.05, 0) is 44.2 Å². The predicted molar refractivity (Wildman–Crippen MR) is 122 cm³/mol. The second-order valence-corrected chi connectivity index (χ2v) is 5.00. The van der Waals surface area contributed by atoms with Gasteiger partial charge < -0.3 is 16.0 Å². The molecule has 0 saturated heterocycles. The number of nitrogens with one attached hydrogen (secondary N) is 1. The summed E-state index contributed by atoms with van der Waals surface area (Å²) in [6.45, 7) is 23.2. The third kappa shape index (κ3) is 11.6. The summed E-state index contributed by atoms with van der Waals surface area (Å²) < 4.78 is 0. The molecule has 0 radical (unpaired) electrons. The Morgan fingerprint density at radius 2 is 1.85 bits per heavy atom. The fourth-order valence-electron chi connectivity index (χ4n) is 1.80. The first-order valence-corrected chi connectivity index (χ1v) is 9.55. The van der Waals surface area contributed by atoms with Gasteiger partial charge in [0, 0.05) is 20.1 Å². The summed E-state index contributed by atoms with van der Waals surface area (Å²) in [5, 5.41) is 3.68. The van der Waals surface area contributed by atoms with Crippen LogP contribution in [0.15, 0.2) is 43.1 Å². The van der Waals surface area contributed by atoms with Crippen LogP contribution in [0.3, 0.4) is 0 Å². The van der Waals surface area contributed by atoms with Crippen LogP contribution in [0, 0.1) is 6.92 Å². The van der Waals surface area contributed by atoms with Crippen molar-refractivity contribution < 1.29 is 0 Å². The van der Waals surface area contributed by atoms with Crippen molar-refractivity contribution in [3.63, 3.8) is 0 Å². The first-order valence-electron chi connectivity index (χ1n) is 9.17. The summed E-state index contributed by atoms with van der Waals surface area (Å²) in [4.78, 5) is 6.54. The average molecular weight is 383 g/mol. The molecule has 3 N–H and O–H groups in total. The smallest absolute Gasteiger partial charge is 0.154 e. The summed E-state index contributed by atoms with van der Waals surface area (Å²) in [6.07, 6.45) is 5.04. The van der Waals surface area contributed by atoms with Gasteiger partial charge in [-0.15, -0.1) is 0 Å². The maximum atomic E-state index is 6.04. The van der Waals surface area contributed by atoms with E-state index in [2.05, 4.69) is 35.3 Å². The molecule has 0 aliphatic carbocycles. The predicted octanol–water partition coefficient (Wildman–Crippen LogP) is 6.18. The van der Waals surface area contributed by atoms with Gasteiger partial charge in [-0.2, -0.15) is 0 Å². The van der Waals surface area contributed by atoms with Crippen molar-refractivity contribution in [2.24, 2.45) is 5.73 Å². The fraction of sp³-hybridized carbons (Fsp3) is 0.476. The van der Waals surface area contributed by atoms with Gasteiger partial charge in [0.2, 0.25) is 0 Å². The van der Waals surface area contributed by atoms with Gasteiger partial charge >= 0.3 is 0 Å². The number of nitrogens with zero attached hydrogens (tertiary/aromatic N) is 2. The molecular weight excluding hydrogens is 344 g/mol. The Hall–Kier alpha value is -1.94. The Bertz CT molecular complexity index is 521. The van der Waals surface area contributed by atoms with Gasteiger partial charge in [-0.1, -0.05) is 64.6 Å². The maximum absolute atomic E-state index is 6.04. The Kier molecular flexibility index (Phi) is 21.5. The molecule has 26 heavy (non-hydrogen) atoms. The number of anilines is 2. The van der Waals surface area contributed by atoms with E-state index in [0.29, 0.717) is 11.7 Å². The van der Waals surface area contributed by atoms with Crippen LogP contribution in [0.4, 0.5) is 11.5 Å². The molecule has 0 bridgehead atoms. The Balaban J connectivity index is -0.000000568. The zero-order chi connectivity index (χ0) is 21.1. The molecule has 4 nitrogen and oxygen atoms in total. The van der Waals surface area contributed by atoms with E-state index < -0.39 is 0 Å². The van der Waals surface area contributed by atoms with Crippen molar-refractivity contribution in [2.45, 2.75) is 48.5 Å². The second-order valence-electron chi connectivity index (χ2n) is 4.61. The number of allylic oxidation sites excluding steroid dienone is 1. The lowest BCUT2D eigenvalue weighted by atomic mass is 10.2. The molecule has 0 aromatic carbocycles. The molecule has 1 rings (SSSR count). The highest BCUT2D eigenvalue weighted by Gasteiger charge is 2.14. The first kappa shape index (κ1) is 28.8. The third-order valence-corrected chi connectivity index (χ3v) is 3.17. The van der Waals surface area contributed by atoms with E-state index in [-0.39, 0.29) is 0 Å². The topological polar surface area (TPSA) is 54.2 Å². The number of halogens is 1. The minimum absolute atomic E-state index is 0.504. The lowest BCUT2D eigenvalue weighted by Gasteiger charge is -2.25. The van der Waals surface area contributed by atoms with Crippen molar-refractivity contribution >= 4 is 23.1 Å². The SMILES string of the molecule is C/C=C/N.C=CC(=C)CN(CC)c1nc(Cl)cc(C)c1NC.CC.CC. The van der Waals surface area contributed by atoms with Gasteiger partial charge in [-0.3, -0.25) is 0 Å². The number of rotatable bonds is 6. The van der Waals surface area contributed by atoms with Crippen LogP contribution in [-0.4, -0.2) is 25.1 Å². The van der Waals surface area contributed by atoms with E-state index in [1.807, 2.05) is 54.7 Å². The van der Waals surface area contributed by atoms with Crippen molar-refractivity contribution in [2.75, 3.05) is 30.4 Å². The molecule has 0 unspecified atom stereocenters. The minimum Gasteiger partial charge on any atom is -0.405 e. The fourth-order valence-corrected chi connectivity index (χ4v) is 2.04. The zero-order valence-electron chi connectivity index (χ0n) is 18.0. The lowest BCUT2D eigenvalue weighted by Crippen LogP contribution is -2.26. The molecule has 1 aromatic rings. The highest BCUT2D eigenvalue weighted by atomic mass is 35.5. The van der Waals surface area contributed by atoms with Crippen LogP contribution in [0.25, 0.3) is 0 Å². The second kappa shape index (κ2) is 19.4. The minimum atomic E-state index is 0.504. The maximum Gasteiger partial charge on any atom is 0.154 e. The van der Waals surface area contributed by atoms with E-state index in [1.54, 1.807) is 12.2 Å². The standard InChI is InChI=1S/C14H20ClN3.C3H7N.2C2H6/c1-6-10(3)9-18(7-2)14-13(16-5)11(4)8-12(15)17-14;1-2-3-4;2*1-2/h6,8,16H,1,3,7,9H2,2,4-5H3;2-3H,4H2,1H3;2*1-2H3/b;3-2+;;. The summed E-state index contributed by atoms with van der Waals surface area (Å²) in [7, 11) is 1.89. The van der Waals surface area contributed by atoms with Crippen molar-refractivity contribution in [1.29, 1.82) is 0 Å². The first-order chi connectivity index (χ1) is 12.4. The normalized spacial score (nSPS) is 8.81. The van der Waals surface area contributed by atoms with Crippen molar-refractivity contribution in [3.05, 3.63) is 53.9 Å². The molecular formula is C21H39ClN4. The number of aryl methyl sites for hydroxylation is 1. The number of hydrogen-bond donors (Lipinski definition) is 2. The Morgan fingerprint density at radius 3 is 2.19 bits per heavy atom. The average Bonchev–Trinajstić information content (AvgIpc) is 2.68. The van der Waals surface area contributed by atoms with Gasteiger partial charge in [0.15, 0.2) is 5.82 Å². The molecule has 0 fully saturated rings. The largest absolute Gasteiger partial charge is 0.405 e. The monoisotopic (exact) mass is 382 g/mol. The highest BCUT2D eigenvalue weighted by Crippen LogP contribution is 2.29. The zero-order valence-corrected chi connectivity index (χ0v) is 18.7. The van der Waals surface area contributed by atoms with Crippen molar-refractivity contribution in [1.82, 2.24) is 4.98 Å². The van der Waals surface area contributed by atoms with E-state index in [1.165, 1.54) is 6.20 Å². The number of likely N-dealkylation sites (N-methyl/N-ethyl adjacent to an activating group) is 1. The molecule has 0 aliphatic rings. The molecule has 5 heteroatoms. The van der Waals surface area contributed by atoms with Gasteiger partial charge in [0.1, 0.15) is 5.15 Å². The van der Waals surface area contributed by atoms with E-state index in [9.17, 15) is 0 Å². The number of aromatic nitrogens is 1. The molecule has 0 atom stereocenters. The molecule has 0 aliphatic heterocycles. The van der Waals surface area contributed by atoms with Crippen LogP contribution in [0.2, 0.25) is 5.15 Å². The molecule has 0 amide bonds. The van der Waals surface area contributed by atoms with Crippen molar-refractivity contribution in [3.8, 4) is 0 Å². The van der Waals surface area contributed by atoms with Crippen LogP contribution in [0.5, 0.6) is 0 Å². The van der Waals surface area contributed by atoms with Crippen LogP contribution < -0.4 is 16.0 Å². The quantitative estimate of drug-likeness (QED) is 0.455. The summed E-state index contributed by atoms with van der Waals surface area (Å²) in [5.74, 6) is 0.855. The Labute approximate surface area is 166 Å².